The molecule has 1 amide bonds. The van der Waals surface area contributed by atoms with Gasteiger partial charge in [0.2, 0.25) is 11.7 Å². The van der Waals surface area contributed by atoms with Gasteiger partial charge in [0.25, 0.3) is 5.91 Å². The number of allylic oxidation sites excluding steroid dienone is 2. The number of benzene rings is 1. The largest absolute Gasteiger partial charge is 0.380 e. The van der Waals surface area contributed by atoms with Crippen molar-refractivity contribution in [1.82, 2.24) is 26.3 Å². The van der Waals surface area contributed by atoms with Gasteiger partial charge in [-0.2, -0.15) is 4.98 Å². The van der Waals surface area contributed by atoms with E-state index in [0.29, 0.717) is 37.0 Å². The number of nitrogens with zero attached hydrogens (tertiary/aromatic N) is 2. The maximum atomic E-state index is 13.2. The van der Waals surface area contributed by atoms with E-state index in [2.05, 4.69) is 44.5 Å². The number of hydrazine groups is 1. The van der Waals surface area contributed by atoms with E-state index in [1.54, 1.807) is 0 Å². The summed E-state index contributed by atoms with van der Waals surface area (Å²) in [6.07, 6.45) is 9.32. The van der Waals surface area contributed by atoms with Gasteiger partial charge in [0.05, 0.1) is 18.2 Å². The molecule has 0 spiro atoms. The lowest BCUT2D eigenvalue weighted by atomic mass is 10.0. The Kier molecular flexibility index (Phi) is 7.91. The first-order valence-electron chi connectivity index (χ1n) is 11.9. The number of fused-ring (bicyclic) bond motifs is 1. The quantitative estimate of drug-likeness (QED) is 0.375. The van der Waals surface area contributed by atoms with Gasteiger partial charge >= 0.3 is 0 Å². The summed E-state index contributed by atoms with van der Waals surface area (Å²) < 4.78 is 10.6. The molecule has 2 aliphatic rings. The van der Waals surface area contributed by atoms with E-state index in [1.807, 2.05) is 26.0 Å². The van der Waals surface area contributed by atoms with E-state index in [4.69, 9.17) is 9.26 Å². The van der Waals surface area contributed by atoms with Crippen molar-refractivity contribution >= 4 is 5.91 Å². The molecule has 2 aliphatic carbocycles. The van der Waals surface area contributed by atoms with E-state index >= 15 is 0 Å². The van der Waals surface area contributed by atoms with Gasteiger partial charge in [0, 0.05) is 30.8 Å². The van der Waals surface area contributed by atoms with Crippen molar-refractivity contribution in [1.29, 1.82) is 0 Å². The van der Waals surface area contributed by atoms with Crippen LogP contribution in [0.1, 0.15) is 62.6 Å². The average Bonchev–Trinajstić information content (AvgIpc) is 3.40. The fourth-order valence-corrected chi connectivity index (χ4v) is 4.27. The van der Waals surface area contributed by atoms with Crippen molar-refractivity contribution in [3.8, 4) is 11.4 Å². The molecule has 0 bridgehead atoms. The number of carbonyl (C=O) groups excluding carboxylic acids is 1. The van der Waals surface area contributed by atoms with Gasteiger partial charge in [0.15, 0.2) is 0 Å². The minimum absolute atomic E-state index is 0.00524. The molecule has 0 saturated heterocycles. The zero-order valence-electron chi connectivity index (χ0n) is 19.4. The molecule has 0 saturated carbocycles. The Morgan fingerprint density at radius 3 is 3.00 bits per heavy atom. The zero-order valence-corrected chi connectivity index (χ0v) is 19.4. The molecule has 1 aromatic carbocycles. The lowest BCUT2D eigenvalue weighted by molar-refractivity contribution is -0.118. The highest BCUT2D eigenvalue weighted by Crippen LogP contribution is 2.34. The Hall–Kier alpha value is -2.97. The fourth-order valence-electron chi connectivity index (χ4n) is 4.27. The van der Waals surface area contributed by atoms with Gasteiger partial charge in [0.1, 0.15) is 0 Å². The molecule has 0 fully saturated rings. The maximum Gasteiger partial charge on any atom is 0.253 e. The highest BCUT2D eigenvalue weighted by atomic mass is 16.5. The Labute approximate surface area is 194 Å². The number of aryl methyl sites for hydroxylation is 2. The average molecular weight is 452 g/mol. The first-order valence-corrected chi connectivity index (χ1v) is 11.9. The summed E-state index contributed by atoms with van der Waals surface area (Å²) in [5.41, 5.74) is 11.4. The summed E-state index contributed by atoms with van der Waals surface area (Å²) in [6.45, 7) is 5.96. The molecule has 176 valence electrons. The lowest BCUT2D eigenvalue weighted by Crippen LogP contribution is -2.37. The van der Waals surface area contributed by atoms with Crippen LogP contribution >= 0.6 is 0 Å². The Morgan fingerprint density at radius 2 is 2.18 bits per heavy atom. The molecule has 8 heteroatoms. The summed E-state index contributed by atoms with van der Waals surface area (Å²) in [5.74, 6) is 1.20. The van der Waals surface area contributed by atoms with Gasteiger partial charge in [-0.05, 0) is 56.2 Å². The van der Waals surface area contributed by atoms with Gasteiger partial charge in [-0.15, -0.1) is 0 Å². The van der Waals surface area contributed by atoms with Crippen LogP contribution in [-0.2, 0) is 22.4 Å². The minimum atomic E-state index is -0.0464. The Morgan fingerprint density at radius 1 is 1.27 bits per heavy atom. The predicted octanol–water partition coefficient (Wildman–Crippen LogP) is 3.53. The number of hydrogen-bond donors (Lipinski definition) is 3. The molecule has 8 nitrogen and oxygen atoms in total. The van der Waals surface area contributed by atoms with Crippen LogP contribution in [0.2, 0.25) is 0 Å². The SMILES string of the molecule is CCOCCNNC1=C(C(=O)N[C@@H]2CCc3cc(-c4noc(CC)n4)ccc32)C=CCCC1. The third kappa shape index (κ3) is 5.69. The van der Waals surface area contributed by atoms with Crippen LogP contribution in [0.4, 0.5) is 0 Å². The zero-order chi connectivity index (χ0) is 23.0. The Bertz CT molecular complexity index is 1030. The fraction of sp³-hybridized carbons (Fsp3) is 0.480. The van der Waals surface area contributed by atoms with E-state index in [-0.39, 0.29) is 11.9 Å². The van der Waals surface area contributed by atoms with E-state index in [9.17, 15) is 4.79 Å². The molecule has 0 unspecified atom stereocenters. The van der Waals surface area contributed by atoms with Gasteiger partial charge < -0.3 is 20.0 Å². The van der Waals surface area contributed by atoms with Gasteiger partial charge in [-0.3, -0.25) is 4.79 Å². The third-order valence-corrected chi connectivity index (χ3v) is 6.02. The van der Waals surface area contributed by atoms with Crippen molar-refractivity contribution in [3.05, 3.63) is 58.6 Å². The molecule has 3 N–H and O–H groups in total. The standard InChI is InChI=1S/C25H33N5O3/c1-3-23-28-24(30-33-23)18-10-12-19-17(16-18)11-13-21(19)27-25(31)20-8-6-5-7-9-22(20)29-26-14-15-32-4-2/h6,8,10,12,16,21,26,29H,3-5,7,9,11,13-15H2,1-2H3,(H,27,31)/t21-/m1/s1. The van der Waals surface area contributed by atoms with Crippen molar-refractivity contribution in [2.45, 2.75) is 58.4 Å². The second kappa shape index (κ2) is 11.2. The van der Waals surface area contributed by atoms with Crippen molar-refractivity contribution in [3.63, 3.8) is 0 Å². The van der Waals surface area contributed by atoms with Crippen LogP contribution in [0, 0.1) is 0 Å². The van der Waals surface area contributed by atoms with E-state index in [0.717, 1.165) is 55.3 Å². The summed E-state index contributed by atoms with van der Waals surface area (Å²) >= 11 is 0. The maximum absolute atomic E-state index is 13.2. The molecule has 2 aromatic rings. The van der Waals surface area contributed by atoms with Crippen LogP contribution in [0.3, 0.4) is 0 Å². The van der Waals surface area contributed by atoms with Gasteiger partial charge in [-0.25, -0.2) is 5.43 Å². The van der Waals surface area contributed by atoms with Gasteiger partial charge in [-0.1, -0.05) is 36.4 Å². The summed E-state index contributed by atoms with van der Waals surface area (Å²) in [6, 6.07) is 6.20. The first-order chi connectivity index (χ1) is 16.2. The van der Waals surface area contributed by atoms with Crippen molar-refractivity contribution in [2.24, 2.45) is 0 Å². The molecule has 1 atom stereocenters. The molecule has 33 heavy (non-hydrogen) atoms. The predicted molar refractivity (Wildman–Crippen MR) is 126 cm³/mol. The smallest absolute Gasteiger partial charge is 0.253 e. The molecular formula is C25H33N5O3. The number of nitrogens with one attached hydrogen (secondary N) is 3. The lowest BCUT2D eigenvalue weighted by Gasteiger charge is -2.18. The topological polar surface area (TPSA) is 101 Å². The number of aromatic nitrogens is 2. The highest BCUT2D eigenvalue weighted by molar-refractivity contribution is 5.97. The number of ether oxygens (including phenoxy) is 1. The molecule has 4 rings (SSSR count). The van der Waals surface area contributed by atoms with Crippen molar-refractivity contribution in [2.75, 3.05) is 19.8 Å². The van der Waals surface area contributed by atoms with Crippen LogP contribution in [0.5, 0.6) is 0 Å². The van der Waals surface area contributed by atoms with Crippen LogP contribution in [0.15, 0.2) is 46.1 Å². The third-order valence-electron chi connectivity index (χ3n) is 6.02. The van der Waals surface area contributed by atoms with E-state index < -0.39 is 0 Å². The first kappa shape index (κ1) is 23.2. The molecule has 0 radical (unpaired) electrons. The van der Waals surface area contributed by atoms with Crippen LogP contribution in [0.25, 0.3) is 11.4 Å². The van der Waals surface area contributed by atoms with Crippen molar-refractivity contribution < 1.29 is 14.1 Å². The minimum Gasteiger partial charge on any atom is -0.380 e. The second-order valence-corrected chi connectivity index (χ2v) is 8.28. The summed E-state index contributed by atoms with van der Waals surface area (Å²) in [4.78, 5) is 17.7. The molecule has 0 aliphatic heterocycles. The summed E-state index contributed by atoms with van der Waals surface area (Å²) in [7, 11) is 0. The van der Waals surface area contributed by atoms with Crippen LogP contribution in [-0.4, -0.2) is 35.8 Å². The molecular weight excluding hydrogens is 418 g/mol. The Balaban J connectivity index is 1.44. The molecule has 1 aromatic heterocycles. The second-order valence-electron chi connectivity index (χ2n) is 8.28. The molecule has 1 heterocycles. The number of amides is 1. The van der Waals surface area contributed by atoms with Crippen LogP contribution < -0.4 is 16.2 Å². The highest BCUT2D eigenvalue weighted by Gasteiger charge is 2.26. The number of rotatable bonds is 10. The number of carbonyl (C=O) groups is 1. The summed E-state index contributed by atoms with van der Waals surface area (Å²) in [5, 5.41) is 7.33. The monoisotopic (exact) mass is 451 g/mol. The van der Waals surface area contributed by atoms with E-state index in [1.165, 1.54) is 5.56 Å². The normalized spacial score (nSPS) is 17.7. The number of hydrogen-bond acceptors (Lipinski definition) is 7.